The second-order valence-electron chi connectivity index (χ2n) is 9.13. The number of rotatable bonds is 9. The van der Waals surface area contributed by atoms with Gasteiger partial charge in [0.25, 0.3) is 5.91 Å². The van der Waals surface area contributed by atoms with Crippen LogP contribution in [0.25, 0.3) is 0 Å². The van der Waals surface area contributed by atoms with Crippen molar-refractivity contribution < 1.29 is 28.2 Å². The minimum absolute atomic E-state index is 0.0875. The molecule has 1 aliphatic heterocycles. The van der Waals surface area contributed by atoms with E-state index in [1.807, 2.05) is 13.8 Å². The summed E-state index contributed by atoms with van der Waals surface area (Å²) >= 11 is 0. The van der Waals surface area contributed by atoms with Gasteiger partial charge in [0, 0.05) is 17.3 Å². The Morgan fingerprint density at radius 3 is 2.29 bits per heavy atom. The molecule has 1 fully saturated rings. The zero-order valence-corrected chi connectivity index (χ0v) is 21.4. The number of halogens is 1. The van der Waals surface area contributed by atoms with Crippen molar-refractivity contribution in [2.45, 2.75) is 45.0 Å². The van der Waals surface area contributed by atoms with Crippen molar-refractivity contribution in [1.29, 1.82) is 0 Å². The molecule has 3 aromatic rings. The molecule has 3 amide bonds. The van der Waals surface area contributed by atoms with Gasteiger partial charge >= 0.3 is 6.09 Å². The van der Waals surface area contributed by atoms with Gasteiger partial charge in [-0.3, -0.25) is 14.5 Å². The summed E-state index contributed by atoms with van der Waals surface area (Å²) in [5, 5.41) is 5.77. The van der Waals surface area contributed by atoms with E-state index in [0.717, 1.165) is 6.42 Å². The van der Waals surface area contributed by atoms with E-state index in [1.165, 1.54) is 17.0 Å². The third-order valence-electron chi connectivity index (χ3n) is 6.47. The topological polar surface area (TPSA) is 97.0 Å². The van der Waals surface area contributed by atoms with E-state index in [0.29, 0.717) is 28.1 Å². The van der Waals surface area contributed by atoms with E-state index in [4.69, 9.17) is 9.47 Å². The predicted octanol–water partition coefficient (Wildman–Crippen LogP) is 5.06. The van der Waals surface area contributed by atoms with Crippen LogP contribution >= 0.6 is 0 Å². The first-order valence-corrected chi connectivity index (χ1v) is 12.4. The molecule has 0 radical (unpaired) electrons. The highest BCUT2D eigenvalue weighted by Crippen LogP contribution is 2.34. The SMILES string of the molecule is CC[C@H](C)NC(=O)[C@H]1[C@H](c2ccc(NC(=O)c3ccc(OC)cc3)cc2)OC(=O)N1Cc1ccc(F)cc1. The van der Waals surface area contributed by atoms with Crippen molar-refractivity contribution in [1.82, 2.24) is 10.2 Å². The Kier molecular flexibility index (Phi) is 8.25. The number of methoxy groups -OCH3 is 1. The van der Waals surface area contributed by atoms with Gasteiger partial charge in [-0.1, -0.05) is 31.2 Å². The summed E-state index contributed by atoms with van der Waals surface area (Å²) in [6.45, 7) is 3.92. The molecule has 9 heteroatoms. The fourth-order valence-electron chi connectivity index (χ4n) is 4.13. The molecule has 3 aromatic carbocycles. The Morgan fingerprint density at radius 1 is 1.03 bits per heavy atom. The van der Waals surface area contributed by atoms with Crippen LogP contribution < -0.4 is 15.4 Å². The molecule has 1 aliphatic rings. The molecule has 1 saturated heterocycles. The molecule has 2 N–H and O–H groups in total. The lowest BCUT2D eigenvalue weighted by molar-refractivity contribution is -0.127. The largest absolute Gasteiger partial charge is 0.497 e. The van der Waals surface area contributed by atoms with E-state index in [1.54, 1.807) is 67.8 Å². The molecule has 0 aliphatic carbocycles. The van der Waals surface area contributed by atoms with Crippen LogP contribution in [-0.4, -0.2) is 42.0 Å². The van der Waals surface area contributed by atoms with Crippen molar-refractivity contribution in [2.24, 2.45) is 0 Å². The summed E-state index contributed by atoms with van der Waals surface area (Å²) in [7, 11) is 1.55. The zero-order valence-electron chi connectivity index (χ0n) is 21.4. The maximum absolute atomic E-state index is 13.4. The second kappa shape index (κ2) is 11.8. The van der Waals surface area contributed by atoms with Gasteiger partial charge < -0.3 is 20.1 Å². The van der Waals surface area contributed by atoms with Crippen LogP contribution in [0.15, 0.2) is 72.8 Å². The van der Waals surface area contributed by atoms with Crippen LogP contribution in [0.1, 0.15) is 47.9 Å². The van der Waals surface area contributed by atoms with Crippen LogP contribution in [-0.2, 0) is 16.1 Å². The van der Waals surface area contributed by atoms with Crippen LogP contribution in [0.5, 0.6) is 5.75 Å². The molecule has 4 rings (SSSR count). The average Bonchev–Trinajstić information content (AvgIpc) is 3.25. The average molecular weight is 520 g/mol. The molecular formula is C29H30FN3O5. The number of carbonyl (C=O) groups is 3. The summed E-state index contributed by atoms with van der Waals surface area (Å²) in [5.41, 5.74) is 2.29. The lowest BCUT2D eigenvalue weighted by Crippen LogP contribution is -2.48. The molecule has 3 atom stereocenters. The van der Waals surface area contributed by atoms with Crippen LogP contribution in [0.2, 0.25) is 0 Å². The number of hydrogen-bond acceptors (Lipinski definition) is 5. The standard InChI is InChI=1S/C29H30FN3O5/c1-4-18(2)31-28(35)25-26(38-29(36)33(25)17-19-5-11-22(30)12-6-19)20-7-13-23(14-8-20)32-27(34)21-9-15-24(37-3)16-10-21/h5-16,18,25-26H,4,17H2,1-3H3,(H,31,35)(H,32,34)/t18-,25+,26-/m0/s1. The third-order valence-corrected chi connectivity index (χ3v) is 6.47. The molecular weight excluding hydrogens is 489 g/mol. The van der Waals surface area contributed by atoms with Crippen molar-refractivity contribution in [3.63, 3.8) is 0 Å². The molecule has 38 heavy (non-hydrogen) atoms. The van der Waals surface area contributed by atoms with Gasteiger partial charge in [0.2, 0.25) is 5.91 Å². The lowest BCUT2D eigenvalue weighted by atomic mass is 10.00. The van der Waals surface area contributed by atoms with Gasteiger partial charge in [-0.05, 0) is 73.0 Å². The normalized spacial score (nSPS) is 17.5. The van der Waals surface area contributed by atoms with Crippen LogP contribution in [0.3, 0.4) is 0 Å². The number of carbonyl (C=O) groups excluding carboxylic acids is 3. The first-order valence-electron chi connectivity index (χ1n) is 12.4. The quantitative estimate of drug-likeness (QED) is 0.412. The molecule has 1 heterocycles. The highest BCUT2D eigenvalue weighted by atomic mass is 19.1. The summed E-state index contributed by atoms with van der Waals surface area (Å²) in [6.07, 6.45) is -0.780. The molecule has 0 unspecified atom stereocenters. The number of nitrogens with zero attached hydrogens (tertiary/aromatic N) is 1. The van der Waals surface area contributed by atoms with Crippen molar-refractivity contribution in [2.75, 3.05) is 12.4 Å². The molecule has 0 spiro atoms. The number of hydrogen-bond donors (Lipinski definition) is 2. The van der Waals surface area contributed by atoms with E-state index in [2.05, 4.69) is 10.6 Å². The number of amides is 3. The van der Waals surface area contributed by atoms with E-state index >= 15 is 0 Å². The van der Waals surface area contributed by atoms with Crippen molar-refractivity contribution in [3.05, 3.63) is 95.3 Å². The Labute approximate surface area is 220 Å². The summed E-state index contributed by atoms with van der Waals surface area (Å²) in [5.74, 6) is -0.364. The molecule has 0 aromatic heterocycles. The lowest BCUT2D eigenvalue weighted by Gasteiger charge is -2.25. The first kappa shape index (κ1) is 26.7. The highest BCUT2D eigenvalue weighted by molar-refractivity contribution is 6.04. The van der Waals surface area contributed by atoms with Gasteiger partial charge in [0.1, 0.15) is 11.6 Å². The molecule has 0 saturated carbocycles. The summed E-state index contributed by atoms with van der Waals surface area (Å²) in [6, 6.07) is 18.3. The van der Waals surface area contributed by atoms with Crippen molar-refractivity contribution in [3.8, 4) is 5.75 Å². The smallest absolute Gasteiger partial charge is 0.411 e. The van der Waals surface area contributed by atoms with Gasteiger partial charge in [-0.2, -0.15) is 0 Å². The van der Waals surface area contributed by atoms with E-state index < -0.39 is 18.2 Å². The molecule has 0 bridgehead atoms. The number of ether oxygens (including phenoxy) is 2. The number of nitrogens with one attached hydrogen (secondary N) is 2. The summed E-state index contributed by atoms with van der Waals surface area (Å²) in [4.78, 5) is 40.2. The Hall–Kier alpha value is -4.40. The Balaban J connectivity index is 1.53. The van der Waals surface area contributed by atoms with Crippen LogP contribution in [0.4, 0.5) is 14.9 Å². The second-order valence-corrected chi connectivity index (χ2v) is 9.13. The maximum atomic E-state index is 13.4. The van der Waals surface area contributed by atoms with Crippen molar-refractivity contribution >= 4 is 23.6 Å². The first-order chi connectivity index (χ1) is 18.3. The third kappa shape index (κ3) is 6.11. The summed E-state index contributed by atoms with van der Waals surface area (Å²) < 4.78 is 24.2. The molecule has 198 valence electrons. The number of benzene rings is 3. The minimum atomic E-state index is -0.929. The van der Waals surface area contributed by atoms with Gasteiger partial charge in [0.15, 0.2) is 12.1 Å². The maximum Gasteiger partial charge on any atom is 0.411 e. The minimum Gasteiger partial charge on any atom is -0.497 e. The number of anilines is 1. The predicted molar refractivity (Wildman–Crippen MR) is 140 cm³/mol. The zero-order chi connectivity index (χ0) is 27.2. The fraction of sp³-hybridized carbons (Fsp3) is 0.276. The Bertz CT molecular complexity index is 1280. The monoisotopic (exact) mass is 519 g/mol. The Morgan fingerprint density at radius 2 is 1.68 bits per heavy atom. The highest BCUT2D eigenvalue weighted by Gasteiger charge is 2.47. The van der Waals surface area contributed by atoms with Gasteiger partial charge in [-0.15, -0.1) is 0 Å². The fourth-order valence-corrected chi connectivity index (χ4v) is 4.13. The van der Waals surface area contributed by atoms with Crippen LogP contribution in [0, 0.1) is 5.82 Å². The van der Waals surface area contributed by atoms with Gasteiger partial charge in [0.05, 0.1) is 13.7 Å². The van der Waals surface area contributed by atoms with E-state index in [-0.39, 0.29) is 30.2 Å². The number of cyclic esters (lactones) is 1. The van der Waals surface area contributed by atoms with Gasteiger partial charge in [-0.25, -0.2) is 9.18 Å². The van der Waals surface area contributed by atoms with E-state index in [9.17, 15) is 18.8 Å². The molecule has 8 nitrogen and oxygen atoms in total.